The molecule has 0 amide bonds. The van der Waals surface area contributed by atoms with Crippen LogP contribution in [-0.4, -0.2) is 16.0 Å². The van der Waals surface area contributed by atoms with Crippen LogP contribution in [0, 0.1) is 19.8 Å². The van der Waals surface area contributed by atoms with Gasteiger partial charge in [0, 0.05) is 12.2 Å². The Balaban J connectivity index is 2.80. The highest BCUT2D eigenvalue weighted by Gasteiger charge is 2.09. The molecule has 0 aliphatic carbocycles. The molecule has 3 heteroatoms. The van der Waals surface area contributed by atoms with E-state index in [9.17, 15) is 0 Å². The average molecular weight is 193 g/mol. The van der Waals surface area contributed by atoms with Crippen molar-refractivity contribution in [1.82, 2.24) is 9.97 Å². The number of hydrogen-bond donors (Lipinski definition) is 1. The lowest BCUT2D eigenvalue weighted by Gasteiger charge is -2.19. The van der Waals surface area contributed by atoms with Gasteiger partial charge < -0.3 is 5.32 Å². The van der Waals surface area contributed by atoms with Gasteiger partial charge in [-0.1, -0.05) is 13.8 Å². The Morgan fingerprint density at radius 3 is 2.43 bits per heavy atom. The molecule has 0 fully saturated rings. The lowest BCUT2D eigenvalue weighted by atomic mass is 10.1. The standard InChI is InChI=1S/C11H19N3/c1-7(2)9(4)14-11-10(5)12-6-8(3)13-11/h6-7,9H,1-5H3,(H,13,14). The monoisotopic (exact) mass is 193 g/mol. The predicted molar refractivity (Wildman–Crippen MR) is 59.4 cm³/mol. The number of rotatable bonds is 3. The Kier molecular flexibility index (Phi) is 3.44. The van der Waals surface area contributed by atoms with Crippen molar-refractivity contribution < 1.29 is 0 Å². The summed E-state index contributed by atoms with van der Waals surface area (Å²) in [6.07, 6.45) is 1.79. The average Bonchev–Trinajstić information content (AvgIpc) is 2.11. The molecule has 1 unspecified atom stereocenters. The molecule has 0 aliphatic heterocycles. The normalized spacial score (nSPS) is 13.0. The predicted octanol–water partition coefficient (Wildman–Crippen LogP) is 2.55. The van der Waals surface area contributed by atoms with E-state index < -0.39 is 0 Å². The molecule has 0 bridgehead atoms. The number of nitrogens with zero attached hydrogens (tertiary/aromatic N) is 2. The van der Waals surface area contributed by atoms with Crippen LogP contribution in [-0.2, 0) is 0 Å². The summed E-state index contributed by atoms with van der Waals surface area (Å²) < 4.78 is 0. The van der Waals surface area contributed by atoms with Gasteiger partial charge in [0.05, 0.1) is 11.4 Å². The SMILES string of the molecule is Cc1cnc(C)c(NC(C)C(C)C)n1. The molecule has 1 aromatic heterocycles. The summed E-state index contributed by atoms with van der Waals surface area (Å²) in [5.41, 5.74) is 1.91. The smallest absolute Gasteiger partial charge is 0.147 e. The fraction of sp³-hybridized carbons (Fsp3) is 0.636. The maximum Gasteiger partial charge on any atom is 0.147 e. The Morgan fingerprint density at radius 2 is 1.86 bits per heavy atom. The fourth-order valence-electron chi connectivity index (χ4n) is 1.06. The Labute approximate surface area is 86.0 Å². The van der Waals surface area contributed by atoms with E-state index in [2.05, 4.69) is 36.1 Å². The van der Waals surface area contributed by atoms with Gasteiger partial charge in [-0.3, -0.25) is 4.98 Å². The molecular formula is C11H19N3. The number of aryl methyl sites for hydroxylation is 2. The van der Waals surface area contributed by atoms with Crippen LogP contribution in [0.15, 0.2) is 6.20 Å². The van der Waals surface area contributed by atoms with Crippen LogP contribution in [0.2, 0.25) is 0 Å². The first-order valence-corrected chi connectivity index (χ1v) is 5.07. The second kappa shape index (κ2) is 4.40. The topological polar surface area (TPSA) is 37.8 Å². The highest BCUT2D eigenvalue weighted by molar-refractivity contribution is 5.40. The summed E-state index contributed by atoms with van der Waals surface area (Å²) in [5, 5.41) is 3.38. The van der Waals surface area contributed by atoms with Crippen molar-refractivity contribution in [2.75, 3.05) is 5.32 Å². The maximum absolute atomic E-state index is 4.42. The second-order valence-electron chi connectivity index (χ2n) is 4.12. The van der Waals surface area contributed by atoms with E-state index in [1.165, 1.54) is 0 Å². The fourth-order valence-corrected chi connectivity index (χ4v) is 1.06. The van der Waals surface area contributed by atoms with E-state index in [1.807, 2.05) is 13.8 Å². The molecule has 78 valence electrons. The van der Waals surface area contributed by atoms with Gasteiger partial charge in [-0.2, -0.15) is 0 Å². The van der Waals surface area contributed by atoms with Crippen LogP contribution in [0.3, 0.4) is 0 Å². The van der Waals surface area contributed by atoms with Crippen LogP contribution in [0.4, 0.5) is 5.82 Å². The molecule has 1 atom stereocenters. The summed E-state index contributed by atoms with van der Waals surface area (Å²) in [7, 11) is 0. The Hall–Kier alpha value is -1.12. The van der Waals surface area contributed by atoms with Gasteiger partial charge in [-0.05, 0) is 26.7 Å². The molecular weight excluding hydrogens is 174 g/mol. The largest absolute Gasteiger partial charge is 0.366 e. The minimum absolute atomic E-state index is 0.421. The van der Waals surface area contributed by atoms with Crippen molar-refractivity contribution in [3.8, 4) is 0 Å². The molecule has 3 nitrogen and oxygen atoms in total. The summed E-state index contributed by atoms with van der Waals surface area (Å²) in [4.78, 5) is 8.69. The number of aromatic nitrogens is 2. The van der Waals surface area contributed by atoms with Crippen LogP contribution in [0.5, 0.6) is 0 Å². The Bertz CT molecular complexity index is 307. The van der Waals surface area contributed by atoms with Gasteiger partial charge in [0.15, 0.2) is 0 Å². The first-order chi connectivity index (χ1) is 6.50. The van der Waals surface area contributed by atoms with Crippen LogP contribution in [0.1, 0.15) is 32.2 Å². The van der Waals surface area contributed by atoms with Crippen molar-refractivity contribution in [2.24, 2.45) is 5.92 Å². The third-order valence-corrected chi connectivity index (χ3v) is 2.44. The molecule has 14 heavy (non-hydrogen) atoms. The van der Waals surface area contributed by atoms with E-state index in [1.54, 1.807) is 6.20 Å². The molecule has 0 aliphatic rings. The third kappa shape index (κ3) is 2.69. The van der Waals surface area contributed by atoms with Crippen LogP contribution >= 0.6 is 0 Å². The lowest BCUT2D eigenvalue weighted by Crippen LogP contribution is -2.23. The first-order valence-electron chi connectivity index (χ1n) is 5.07. The van der Waals surface area contributed by atoms with Crippen molar-refractivity contribution in [1.29, 1.82) is 0 Å². The quantitative estimate of drug-likeness (QED) is 0.801. The first kappa shape index (κ1) is 11.0. The number of nitrogens with one attached hydrogen (secondary N) is 1. The minimum Gasteiger partial charge on any atom is -0.366 e. The molecule has 1 heterocycles. The summed E-state index contributed by atoms with van der Waals surface area (Å²) in [6.45, 7) is 10.5. The molecule has 0 saturated heterocycles. The summed E-state index contributed by atoms with van der Waals surface area (Å²) in [5.74, 6) is 1.50. The molecule has 1 N–H and O–H groups in total. The molecule has 0 spiro atoms. The second-order valence-corrected chi connectivity index (χ2v) is 4.12. The van der Waals surface area contributed by atoms with Gasteiger partial charge in [0.1, 0.15) is 5.82 Å². The Morgan fingerprint density at radius 1 is 1.21 bits per heavy atom. The van der Waals surface area contributed by atoms with E-state index in [0.717, 1.165) is 17.2 Å². The zero-order chi connectivity index (χ0) is 10.7. The molecule has 0 aromatic carbocycles. The van der Waals surface area contributed by atoms with E-state index in [4.69, 9.17) is 0 Å². The van der Waals surface area contributed by atoms with Crippen molar-refractivity contribution in [3.05, 3.63) is 17.6 Å². The van der Waals surface area contributed by atoms with Crippen molar-refractivity contribution in [3.63, 3.8) is 0 Å². The number of hydrogen-bond acceptors (Lipinski definition) is 3. The highest BCUT2D eigenvalue weighted by atomic mass is 15.0. The van der Waals surface area contributed by atoms with Crippen molar-refractivity contribution >= 4 is 5.82 Å². The maximum atomic E-state index is 4.42. The summed E-state index contributed by atoms with van der Waals surface area (Å²) >= 11 is 0. The zero-order valence-corrected chi connectivity index (χ0v) is 9.63. The summed E-state index contributed by atoms with van der Waals surface area (Å²) in [6, 6.07) is 0.421. The highest BCUT2D eigenvalue weighted by Crippen LogP contribution is 2.13. The van der Waals surface area contributed by atoms with Crippen LogP contribution in [0.25, 0.3) is 0 Å². The minimum atomic E-state index is 0.421. The van der Waals surface area contributed by atoms with Crippen LogP contribution < -0.4 is 5.32 Å². The molecule has 0 radical (unpaired) electrons. The third-order valence-electron chi connectivity index (χ3n) is 2.44. The van der Waals surface area contributed by atoms with Gasteiger partial charge >= 0.3 is 0 Å². The molecule has 0 saturated carbocycles. The van der Waals surface area contributed by atoms with Gasteiger partial charge in [-0.15, -0.1) is 0 Å². The lowest BCUT2D eigenvalue weighted by molar-refractivity contribution is 0.557. The molecule has 1 rings (SSSR count). The van der Waals surface area contributed by atoms with E-state index >= 15 is 0 Å². The van der Waals surface area contributed by atoms with Gasteiger partial charge in [0.2, 0.25) is 0 Å². The molecule has 1 aromatic rings. The van der Waals surface area contributed by atoms with E-state index in [-0.39, 0.29) is 0 Å². The van der Waals surface area contributed by atoms with Crippen molar-refractivity contribution in [2.45, 2.75) is 40.7 Å². The van der Waals surface area contributed by atoms with Gasteiger partial charge in [0.25, 0.3) is 0 Å². The number of anilines is 1. The zero-order valence-electron chi connectivity index (χ0n) is 9.63. The van der Waals surface area contributed by atoms with Gasteiger partial charge in [-0.25, -0.2) is 4.98 Å². The van der Waals surface area contributed by atoms with E-state index in [0.29, 0.717) is 12.0 Å².